The van der Waals surface area contributed by atoms with Crippen molar-refractivity contribution in [2.24, 2.45) is 0 Å². The van der Waals surface area contributed by atoms with Gasteiger partial charge in [-0.2, -0.15) is 0 Å². The van der Waals surface area contributed by atoms with Crippen molar-refractivity contribution in [2.75, 3.05) is 20.8 Å². The largest absolute Gasteiger partial charge is 0.503 e. The smallest absolute Gasteiger partial charge is 0.290 e. The fourth-order valence-corrected chi connectivity index (χ4v) is 5.11. The third kappa shape index (κ3) is 4.28. The number of carbonyl (C=O) groups is 2. The van der Waals surface area contributed by atoms with E-state index >= 15 is 0 Å². The van der Waals surface area contributed by atoms with Gasteiger partial charge in [0.25, 0.3) is 5.91 Å². The number of carbonyl (C=O) groups excluding carboxylic acids is 2. The molecule has 0 saturated heterocycles. The molecule has 4 rings (SSSR count). The van der Waals surface area contributed by atoms with E-state index in [2.05, 4.69) is 4.98 Å². The van der Waals surface area contributed by atoms with E-state index in [1.165, 1.54) is 16.2 Å². The Labute approximate surface area is 202 Å². The van der Waals surface area contributed by atoms with Crippen LogP contribution < -0.4 is 9.47 Å². The fourth-order valence-electron chi connectivity index (χ4n) is 4.24. The number of rotatable bonds is 8. The van der Waals surface area contributed by atoms with E-state index in [9.17, 15) is 14.7 Å². The van der Waals surface area contributed by atoms with Crippen LogP contribution in [0.4, 0.5) is 0 Å². The molecule has 1 aliphatic rings. The average Bonchev–Trinajstić information content (AvgIpc) is 3.32. The van der Waals surface area contributed by atoms with Crippen LogP contribution in [0.5, 0.6) is 11.5 Å². The Morgan fingerprint density at radius 1 is 1.09 bits per heavy atom. The fraction of sp³-hybridized carbons (Fsp3) is 0.269. The number of thiazole rings is 1. The third-order valence-corrected chi connectivity index (χ3v) is 6.96. The lowest BCUT2D eigenvalue weighted by atomic mass is 9.94. The number of aromatic nitrogens is 1. The third-order valence-electron chi connectivity index (χ3n) is 5.89. The molecule has 2 heterocycles. The molecule has 0 saturated carbocycles. The van der Waals surface area contributed by atoms with Crippen molar-refractivity contribution in [3.8, 4) is 11.5 Å². The van der Waals surface area contributed by atoms with Gasteiger partial charge in [-0.3, -0.25) is 9.59 Å². The number of aliphatic hydroxyl groups excluding tert-OH is 1. The van der Waals surface area contributed by atoms with E-state index in [1.54, 1.807) is 27.2 Å². The van der Waals surface area contributed by atoms with Gasteiger partial charge in [0.15, 0.2) is 5.76 Å². The minimum absolute atomic E-state index is 0.0518. The molecule has 7 nitrogen and oxygen atoms in total. The van der Waals surface area contributed by atoms with Gasteiger partial charge in [-0.1, -0.05) is 30.3 Å². The maximum Gasteiger partial charge on any atom is 0.290 e. The number of ether oxygens (including phenoxy) is 2. The highest BCUT2D eigenvalue weighted by molar-refractivity contribution is 7.14. The summed E-state index contributed by atoms with van der Waals surface area (Å²) in [5, 5.41) is 11.7. The topological polar surface area (TPSA) is 89.0 Å². The minimum Gasteiger partial charge on any atom is -0.503 e. The predicted molar refractivity (Wildman–Crippen MR) is 130 cm³/mol. The second-order valence-corrected chi connectivity index (χ2v) is 9.18. The van der Waals surface area contributed by atoms with Crippen molar-refractivity contribution < 1.29 is 24.2 Å². The van der Waals surface area contributed by atoms with Crippen LogP contribution >= 0.6 is 11.3 Å². The molecule has 0 spiro atoms. The normalized spacial score (nSPS) is 15.7. The lowest BCUT2D eigenvalue weighted by Crippen LogP contribution is -2.33. The van der Waals surface area contributed by atoms with Crippen LogP contribution in [0.15, 0.2) is 59.9 Å². The Bertz CT molecular complexity index is 1260. The Balaban J connectivity index is 1.74. The molecule has 0 fully saturated rings. The van der Waals surface area contributed by atoms with Gasteiger partial charge in [-0.15, -0.1) is 11.3 Å². The molecule has 2 aromatic carbocycles. The number of ketones is 1. The zero-order valence-corrected chi connectivity index (χ0v) is 20.3. The summed E-state index contributed by atoms with van der Waals surface area (Å²) >= 11 is 1.26. The van der Waals surface area contributed by atoms with Crippen molar-refractivity contribution in [1.29, 1.82) is 0 Å². The number of Topliss-reactive ketones (excluding diaryl/α,β-unsaturated/α-hetero) is 1. The summed E-state index contributed by atoms with van der Waals surface area (Å²) in [7, 11) is 3.15. The highest BCUT2D eigenvalue weighted by atomic mass is 32.1. The van der Waals surface area contributed by atoms with Gasteiger partial charge in [0, 0.05) is 12.1 Å². The van der Waals surface area contributed by atoms with Crippen molar-refractivity contribution in [3.63, 3.8) is 0 Å². The molecule has 0 radical (unpaired) electrons. The highest BCUT2D eigenvalue weighted by Crippen LogP contribution is 2.43. The molecule has 1 N–H and O–H groups in total. The number of nitrogens with zero attached hydrogens (tertiary/aromatic N) is 2. The van der Waals surface area contributed by atoms with Crippen molar-refractivity contribution in [2.45, 2.75) is 26.3 Å². The van der Waals surface area contributed by atoms with Crippen LogP contribution in [-0.2, 0) is 11.2 Å². The lowest BCUT2D eigenvalue weighted by molar-refractivity contribution is -0.129. The summed E-state index contributed by atoms with van der Waals surface area (Å²) < 4.78 is 10.8. The van der Waals surface area contributed by atoms with Gasteiger partial charge in [0.2, 0.25) is 5.78 Å². The van der Waals surface area contributed by atoms with Crippen molar-refractivity contribution in [3.05, 3.63) is 86.6 Å². The van der Waals surface area contributed by atoms with E-state index < -0.39 is 23.5 Å². The van der Waals surface area contributed by atoms with Gasteiger partial charge >= 0.3 is 0 Å². The Morgan fingerprint density at radius 3 is 2.41 bits per heavy atom. The first kappa shape index (κ1) is 23.5. The number of methoxy groups -OCH3 is 2. The number of amides is 1. The molecule has 1 atom stereocenters. The second-order valence-electron chi connectivity index (χ2n) is 7.98. The molecule has 0 aliphatic carbocycles. The van der Waals surface area contributed by atoms with Crippen LogP contribution in [0.25, 0.3) is 0 Å². The first-order valence-corrected chi connectivity index (χ1v) is 11.7. The van der Waals surface area contributed by atoms with Gasteiger partial charge in [-0.25, -0.2) is 4.98 Å². The molecular weight excluding hydrogens is 452 g/mol. The molecule has 3 aromatic rings. The summed E-state index contributed by atoms with van der Waals surface area (Å²) in [6, 6.07) is 14.0. The summed E-state index contributed by atoms with van der Waals surface area (Å²) in [6.45, 7) is 3.88. The first-order valence-electron chi connectivity index (χ1n) is 10.8. The number of aliphatic hydroxyl groups is 1. The number of hydrogen-bond donors (Lipinski definition) is 1. The summed E-state index contributed by atoms with van der Waals surface area (Å²) in [5.74, 6) is -0.216. The molecule has 1 aromatic heterocycles. The second kappa shape index (κ2) is 9.69. The average molecular weight is 479 g/mol. The minimum atomic E-state index is -0.781. The zero-order chi connectivity index (χ0) is 24.4. The first-order chi connectivity index (χ1) is 16.3. The molecule has 1 aliphatic heterocycles. The Hall–Kier alpha value is -3.65. The molecule has 176 valence electrons. The zero-order valence-electron chi connectivity index (χ0n) is 19.5. The predicted octanol–water partition coefficient (Wildman–Crippen LogP) is 4.60. The molecular formula is C26H26N2O5S. The van der Waals surface area contributed by atoms with Crippen LogP contribution in [0, 0.1) is 13.8 Å². The van der Waals surface area contributed by atoms with Gasteiger partial charge < -0.3 is 19.5 Å². The van der Waals surface area contributed by atoms with Crippen LogP contribution in [0.1, 0.15) is 37.5 Å². The maximum absolute atomic E-state index is 13.6. The van der Waals surface area contributed by atoms with Gasteiger partial charge in [0.05, 0.1) is 41.4 Å². The molecule has 8 heteroatoms. The SMILES string of the molecule is COc1ccc(CCN2C(=O)C(O)=C(C(=O)c3sc(C)nc3C)C2c2ccccc2OC)cc1. The van der Waals surface area contributed by atoms with Crippen LogP contribution in [0.3, 0.4) is 0 Å². The number of hydrogen-bond acceptors (Lipinski definition) is 7. The van der Waals surface area contributed by atoms with Crippen LogP contribution in [-0.4, -0.2) is 47.4 Å². The Kier molecular flexibility index (Phi) is 6.70. The number of aryl methyl sites for hydroxylation is 2. The summed E-state index contributed by atoms with van der Waals surface area (Å²) in [4.78, 5) is 33.2. The lowest BCUT2D eigenvalue weighted by Gasteiger charge is -2.28. The molecule has 34 heavy (non-hydrogen) atoms. The van der Waals surface area contributed by atoms with E-state index in [0.717, 1.165) is 16.3 Å². The van der Waals surface area contributed by atoms with Gasteiger partial charge in [0.1, 0.15) is 11.5 Å². The Morgan fingerprint density at radius 2 is 1.79 bits per heavy atom. The van der Waals surface area contributed by atoms with E-state index in [1.807, 2.05) is 49.4 Å². The molecule has 1 unspecified atom stereocenters. The van der Waals surface area contributed by atoms with E-state index in [4.69, 9.17) is 9.47 Å². The molecule has 1 amide bonds. The van der Waals surface area contributed by atoms with Gasteiger partial charge in [-0.05, 0) is 44.0 Å². The monoisotopic (exact) mass is 478 g/mol. The van der Waals surface area contributed by atoms with Crippen LogP contribution in [0.2, 0.25) is 0 Å². The van der Waals surface area contributed by atoms with E-state index in [-0.39, 0.29) is 5.57 Å². The maximum atomic E-state index is 13.6. The van der Waals surface area contributed by atoms with E-state index in [0.29, 0.717) is 34.8 Å². The summed E-state index contributed by atoms with van der Waals surface area (Å²) in [6.07, 6.45) is 0.537. The number of para-hydroxylation sites is 1. The van der Waals surface area contributed by atoms with Crippen molar-refractivity contribution in [1.82, 2.24) is 9.88 Å². The number of benzene rings is 2. The highest BCUT2D eigenvalue weighted by Gasteiger charge is 2.45. The quantitative estimate of drug-likeness (QED) is 0.476. The standard InChI is InChI=1S/C26H26N2O5S/c1-15-25(34-16(2)27-15)23(29)21-22(19-7-5-6-8-20(19)33-4)28(26(31)24(21)30)14-13-17-9-11-18(32-3)12-10-17/h5-12,22,30H,13-14H2,1-4H3. The molecule has 0 bridgehead atoms. The van der Waals surface area contributed by atoms with Crippen molar-refractivity contribution >= 4 is 23.0 Å². The summed E-state index contributed by atoms with van der Waals surface area (Å²) in [5.41, 5.74) is 2.27.